The summed E-state index contributed by atoms with van der Waals surface area (Å²) in [5, 5.41) is 15.7. The fourth-order valence-electron chi connectivity index (χ4n) is 7.15. The van der Waals surface area contributed by atoms with E-state index in [2.05, 4.69) is 61.7 Å². The highest BCUT2D eigenvalue weighted by Gasteiger charge is 2.44. The van der Waals surface area contributed by atoms with E-state index in [0.717, 1.165) is 55.8 Å². The van der Waals surface area contributed by atoms with Crippen molar-refractivity contribution in [2.24, 2.45) is 0 Å². The quantitative estimate of drug-likeness (QED) is 0.202. The topological polar surface area (TPSA) is 102 Å². The van der Waals surface area contributed by atoms with E-state index >= 15 is 0 Å². The number of amides is 2. The molecule has 7 rings (SSSR count). The monoisotopic (exact) mass is 718 g/mol. The van der Waals surface area contributed by atoms with Crippen LogP contribution in [0.4, 0.5) is 30.6 Å². The minimum absolute atomic E-state index is 0.149. The first kappa shape index (κ1) is 35.2. The van der Waals surface area contributed by atoms with Crippen LogP contribution >= 0.6 is 11.8 Å². The average molecular weight is 719 g/mol. The molecule has 0 spiro atoms. The Labute approximate surface area is 301 Å². The maximum Gasteiger partial charge on any atom is 0.340 e. The molecule has 51 heavy (non-hydrogen) atoms. The fraction of sp³-hybridized carbons (Fsp3) is 0.432. The van der Waals surface area contributed by atoms with Crippen molar-refractivity contribution in [1.82, 2.24) is 25.2 Å². The summed E-state index contributed by atoms with van der Waals surface area (Å²) in [6.07, 6.45) is 3.47. The second-order valence-corrected chi connectivity index (χ2v) is 14.7. The van der Waals surface area contributed by atoms with Crippen molar-refractivity contribution in [3.8, 4) is 0 Å². The molecule has 5 unspecified atom stereocenters. The molecule has 3 aromatic carbocycles. The molecular weight excluding hydrogens is 675 g/mol. The number of hydrogen-bond donors (Lipinski definition) is 2. The molecule has 0 bridgehead atoms. The molecule has 3 fully saturated rings. The Morgan fingerprint density at radius 1 is 0.980 bits per heavy atom. The van der Waals surface area contributed by atoms with Gasteiger partial charge in [0.25, 0.3) is 0 Å². The van der Waals surface area contributed by atoms with E-state index in [1.165, 1.54) is 34.7 Å². The Morgan fingerprint density at radius 2 is 1.63 bits per heavy atom. The number of carbonyl (C=O) groups excluding carboxylic acids is 1. The number of aliphatic hydroxyl groups excluding tert-OH is 1. The Kier molecular flexibility index (Phi) is 10.2. The van der Waals surface area contributed by atoms with Gasteiger partial charge in [-0.25, -0.2) is 28.7 Å². The number of thioether (sulfide) groups is 1. The van der Waals surface area contributed by atoms with Gasteiger partial charge in [-0.05, 0) is 81.6 Å². The number of aliphatic hydroxyl groups is 1. The van der Waals surface area contributed by atoms with Crippen LogP contribution in [0.25, 0.3) is 0 Å². The number of rotatable bonds is 11. The summed E-state index contributed by atoms with van der Waals surface area (Å²) in [4.78, 5) is 23.6. The first-order chi connectivity index (χ1) is 24.6. The zero-order chi connectivity index (χ0) is 35.7. The zero-order valence-electron chi connectivity index (χ0n) is 29.0. The molecule has 0 radical (unpaired) electrons. The van der Waals surface area contributed by atoms with Gasteiger partial charge in [-0.2, -0.15) is 5.10 Å². The number of ether oxygens (including phenoxy) is 1. The summed E-state index contributed by atoms with van der Waals surface area (Å²) < 4.78 is 36.9. The third kappa shape index (κ3) is 7.41. The molecule has 3 aliphatic rings. The highest BCUT2D eigenvalue weighted by Crippen LogP contribution is 2.45. The van der Waals surface area contributed by atoms with Crippen molar-refractivity contribution >= 4 is 34.9 Å². The van der Waals surface area contributed by atoms with Crippen LogP contribution < -0.4 is 20.1 Å². The SMILES string of the molecule is CC(O)C(C)N1NC(C)N(c2ccc(N3CCN(c4ccc(CSC5CCC(Cn6cncn6)(c6ccc(F)cc6F)O5)cc4)CC3)cc2)C1=O. The number of nitrogens with zero attached hydrogens (tertiary/aromatic N) is 7. The number of hydrazine groups is 1. The van der Waals surface area contributed by atoms with Gasteiger partial charge >= 0.3 is 6.03 Å². The van der Waals surface area contributed by atoms with E-state index in [0.29, 0.717) is 18.5 Å². The van der Waals surface area contributed by atoms with E-state index in [4.69, 9.17) is 4.74 Å². The standard InChI is InChI=1S/C37H44F2N8O3S/c1-25(26(2)48)47-36(49)46(27(3)42-47)32-11-9-31(10-12-32)44-18-16-43(17-19-44)30-7-4-28(5-8-30)21-51-35-14-15-37(50-35,22-45-24-40-23-41-45)33-13-6-29(38)20-34(33)39/h4-13,20,23-27,35,42,48H,14-19,21-22H2,1-3H3. The molecule has 0 aliphatic carbocycles. The van der Waals surface area contributed by atoms with Crippen LogP contribution in [-0.4, -0.2) is 80.8 Å². The van der Waals surface area contributed by atoms with Crippen LogP contribution in [0.1, 0.15) is 44.7 Å². The molecule has 3 aliphatic heterocycles. The normalized spacial score (nSPS) is 23.7. The number of aromatic nitrogens is 3. The molecule has 270 valence electrons. The third-order valence-electron chi connectivity index (χ3n) is 10.2. The lowest BCUT2D eigenvalue weighted by molar-refractivity contribution is -0.0317. The molecule has 2 amide bonds. The molecule has 14 heteroatoms. The van der Waals surface area contributed by atoms with Gasteiger partial charge in [0.15, 0.2) is 0 Å². The van der Waals surface area contributed by atoms with Gasteiger partial charge in [0.1, 0.15) is 41.5 Å². The molecule has 0 saturated carbocycles. The van der Waals surface area contributed by atoms with E-state index in [1.54, 1.807) is 34.6 Å². The largest absolute Gasteiger partial charge is 0.391 e. The third-order valence-corrected chi connectivity index (χ3v) is 11.4. The highest BCUT2D eigenvalue weighted by molar-refractivity contribution is 7.99. The van der Waals surface area contributed by atoms with E-state index < -0.39 is 23.3 Å². The van der Waals surface area contributed by atoms with Gasteiger partial charge in [-0.1, -0.05) is 18.2 Å². The van der Waals surface area contributed by atoms with Crippen LogP contribution in [-0.2, 0) is 22.6 Å². The molecule has 11 nitrogen and oxygen atoms in total. The number of piperazine rings is 1. The molecule has 1 aromatic heterocycles. The van der Waals surface area contributed by atoms with Crippen LogP contribution in [0.5, 0.6) is 0 Å². The van der Waals surface area contributed by atoms with Crippen molar-refractivity contribution in [2.75, 3.05) is 40.9 Å². The first-order valence-corrected chi connectivity index (χ1v) is 18.5. The van der Waals surface area contributed by atoms with E-state index in [1.807, 2.05) is 26.0 Å². The summed E-state index contributed by atoms with van der Waals surface area (Å²) >= 11 is 1.68. The lowest BCUT2D eigenvalue weighted by Gasteiger charge is -2.37. The number of anilines is 3. The summed E-state index contributed by atoms with van der Waals surface area (Å²) in [6.45, 7) is 9.26. The predicted molar refractivity (Wildman–Crippen MR) is 194 cm³/mol. The lowest BCUT2D eigenvalue weighted by atomic mass is 9.90. The predicted octanol–water partition coefficient (Wildman–Crippen LogP) is 5.71. The van der Waals surface area contributed by atoms with Crippen LogP contribution in [0, 0.1) is 11.6 Å². The number of carbonyl (C=O) groups is 1. The second kappa shape index (κ2) is 14.8. The lowest BCUT2D eigenvalue weighted by Crippen LogP contribution is -2.47. The highest BCUT2D eigenvalue weighted by atomic mass is 32.2. The number of nitrogens with one attached hydrogen (secondary N) is 1. The Morgan fingerprint density at radius 3 is 2.24 bits per heavy atom. The number of urea groups is 1. The van der Waals surface area contributed by atoms with Gasteiger partial charge in [0, 0.05) is 60.6 Å². The summed E-state index contributed by atoms with van der Waals surface area (Å²) in [7, 11) is 0. The van der Waals surface area contributed by atoms with Gasteiger partial charge in [0.2, 0.25) is 0 Å². The van der Waals surface area contributed by atoms with Gasteiger partial charge < -0.3 is 19.6 Å². The maximum atomic E-state index is 15.0. The van der Waals surface area contributed by atoms with Crippen molar-refractivity contribution < 1.29 is 23.4 Å². The Hall–Kier alpha value is -4.24. The summed E-state index contributed by atoms with van der Waals surface area (Å²) in [5.74, 6) is -0.487. The Balaban J connectivity index is 0.913. The first-order valence-electron chi connectivity index (χ1n) is 17.4. The molecule has 4 heterocycles. The number of benzene rings is 3. The molecule has 5 atom stereocenters. The van der Waals surface area contributed by atoms with Crippen LogP contribution in [0.15, 0.2) is 79.4 Å². The zero-order valence-corrected chi connectivity index (χ0v) is 29.8. The second-order valence-electron chi connectivity index (χ2n) is 13.6. The van der Waals surface area contributed by atoms with Crippen molar-refractivity contribution in [1.29, 1.82) is 0 Å². The maximum absolute atomic E-state index is 15.0. The Bertz CT molecular complexity index is 1790. The van der Waals surface area contributed by atoms with E-state index in [9.17, 15) is 18.7 Å². The summed E-state index contributed by atoms with van der Waals surface area (Å²) in [6, 6.07) is 19.9. The number of hydrogen-bond acceptors (Lipinski definition) is 9. The van der Waals surface area contributed by atoms with Gasteiger partial charge in [-0.3, -0.25) is 9.91 Å². The smallest absolute Gasteiger partial charge is 0.340 e. The minimum atomic E-state index is -0.958. The van der Waals surface area contributed by atoms with Crippen molar-refractivity contribution in [2.45, 2.75) is 75.3 Å². The number of halogens is 2. The molecule has 4 aromatic rings. The average Bonchev–Trinajstić information content (AvgIpc) is 3.87. The summed E-state index contributed by atoms with van der Waals surface area (Å²) in [5.41, 5.74) is 6.70. The molecule has 2 N–H and O–H groups in total. The van der Waals surface area contributed by atoms with Gasteiger partial charge in [0.05, 0.1) is 18.7 Å². The van der Waals surface area contributed by atoms with Crippen LogP contribution in [0.2, 0.25) is 0 Å². The fourth-order valence-corrected chi connectivity index (χ4v) is 8.26. The molecule has 3 saturated heterocycles. The minimum Gasteiger partial charge on any atom is -0.391 e. The van der Waals surface area contributed by atoms with Crippen LogP contribution in [0.3, 0.4) is 0 Å². The molecular formula is C37H44F2N8O3S. The van der Waals surface area contributed by atoms with Crippen molar-refractivity contribution in [3.05, 3.63) is 102 Å². The van der Waals surface area contributed by atoms with Crippen molar-refractivity contribution in [3.63, 3.8) is 0 Å². The van der Waals surface area contributed by atoms with Gasteiger partial charge in [-0.15, -0.1) is 11.8 Å². The van der Waals surface area contributed by atoms with E-state index in [-0.39, 0.29) is 23.7 Å².